The maximum absolute atomic E-state index is 12.4. The van der Waals surface area contributed by atoms with Crippen LogP contribution in [-0.2, 0) is 15.6 Å². The number of alkyl halides is 3. The van der Waals surface area contributed by atoms with Gasteiger partial charge in [0, 0.05) is 0 Å². The zero-order valence-electron chi connectivity index (χ0n) is 15.5. The highest BCUT2D eigenvalue weighted by Gasteiger charge is 2.30. The standard InChI is InChI=1S/C22H18F3O3S/c1-27-21(26)16-7-11-19(12-8-16)29(18-5-3-2-4-6-18)20-13-9-17(10-14-20)28-15-22(23,24)25/h2-14H,15H2,1H3/q+1. The molecule has 0 aliphatic rings. The number of carbonyl (C=O) groups is 1. The van der Waals surface area contributed by atoms with Gasteiger partial charge in [0.1, 0.15) is 5.75 Å². The van der Waals surface area contributed by atoms with Crippen molar-refractivity contribution in [3.05, 3.63) is 84.4 Å². The Morgan fingerprint density at radius 3 is 1.86 bits per heavy atom. The van der Waals surface area contributed by atoms with Crippen molar-refractivity contribution in [2.75, 3.05) is 13.7 Å². The van der Waals surface area contributed by atoms with E-state index in [4.69, 9.17) is 9.47 Å². The molecule has 0 N–H and O–H groups in total. The number of hydrogen-bond acceptors (Lipinski definition) is 3. The first-order valence-corrected chi connectivity index (χ1v) is 9.87. The topological polar surface area (TPSA) is 35.5 Å². The van der Waals surface area contributed by atoms with Crippen LogP contribution >= 0.6 is 0 Å². The second-order valence-electron chi connectivity index (χ2n) is 6.01. The lowest BCUT2D eigenvalue weighted by atomic mass is 10.2. The Bertz CT molecular complexity index is 940. The number of rotatable bonds is 6. The lowest BCUT2D eigenvalue weighted by molar-refractivity contribution is -0.153. The number of benzene rings is 3. The molecule has 0 heterocycles. The Balaban J connectivity index is 1.92. The number of carbonyl (C=O) groups excluding carboxylic acids is 1. The third-order valence-electron chi connectivity index (χ3n) is 3.95. The van der Waals surface area contributed by atoms with E-state index in [9.17, 15) is 18.0 Å². The Morgan fingerprint density at radius 2 is 1.34 bits per heavy atom. The van der Waals surface area contributed by atoms with Gasteiger partial charge in [0.15, 0.2) is 21.3 Å². The van der Waals surface area contributed by atoms with Gasteiger partial charge in [0.25, 0.3) is 0 Å². The van der Waals surface area contributed by atoms with Gasteiger partial charge in [-0.05, 0) is 60.7 Å². The third-order valence-corrected chi connectivity index (χ3v) is 6.18. The average Bonchev–Trinajstić information content (AvgIpc) is 2.73. The Labute approximate surface area is 169 Å². The summed E-state index contributed by atoms with van der Waals surface area (Å²) >= 11 is 0. The third kappa shape index (κ3) is 5.54. The van der Waals surface area contributed by atoms with Gasteiger partial charge in [0.05, 0.1) is 23.6 Å². The maximum atomic E-state index is 12.4. The van der Waals surface area contributed by atoms with Crippen LogP contribution in [0.5, 0.6) is 5.75 Å². The van der Waals surface area contributed by atoms with Gasteiger partial charge in [-0.2, -0.15) is 13.2 Å². The van der Waals surface area contributed by atoms with Gasteiger partial charge < -0.3 is 9.47 Å². The molecular formula is C22H18F3O3S+. The SMILES string of the molecule is COC(=O)c1ccc([S+](c2ccccc2)c2ccc(OCC(F)(F)F)cc2)cc1. The van der Waals surface area contributed by atoms with Crippen LogP contribution in [0.4, 0.5) is 13.2 Å². The molecule has 0 saturated heterocycles. The minimum Gasteiger partial charge on any atom is -0.484 e. The van der Waals surface area contributed by atoms with E-state index in [-0.39, 0.29) is 5.75 Å². The van der Waals surface area contributed by atoms with Crippen LogP contribution in [0.1, 0.15) is 10.4 Å². The minimum absolute atomic E-state index is 0.156. The van der Waals surface area contributed by atoms with Gasteiger partial charge in [-0.25, -0.2) is 4.79 Å². The van der Waals surface area contributed by atoms with Crippen LogP contribution in [0, 0.1) is 0 Å². The normalized spacial score (nSPS) is 12.3. The van der Waals surface area contributed by atoms with E-state index in [0.29, 0.717) is 5.56 Å². The number of hydrogen-bond donors (Lipinski definition) is 0. The molecule has 29 heavy (non-hydrogen) atoms. The summed E-state index contributed by atoms with van der Waals surface area (Å²) in [7, 11) is 0.829. The summed E-state index contributed by atoms with van der Waals surface area (Å²) < 4.78 is 46.6. The van der Waals surface area contributed by atoms with Gasteiger partial charge >= 0.3 is 12.1 Å². The zero-order chi connectivity index (χ0) is 20.9. The molecule has 0 aliphatic carbocycles. The van der Waals surface area contributed by atoms with E-state index in [1.54, 1.807) is 24.3 Å². The van der Waals surface area contributed by atoms with Crippen LogP contribution < -0.4 is 4.74 Å². The molecule has 3 rings (SSSR count). The summed E-state index contributed by atoms with van der Waals surface area (Å²) in [5.41, 5.74) is 0.448. The van der Waals surface area contributed by atoms with E-state index >= 15 is 0 Å². The molecule has 3 aromatic carbocycles. The molecule has 0 aromatic heterocycles. The van der Waals surface area contributed by atoms with Crippen molar-refractivity contribution in [3.8, 4) is 5.75 Å². The Kier molecular flexibility index (Phi) is 6.49. The molecule has 150 valence electrons. The highest BCUT2D eigenvalue weighted by atomic mass is 32.2. The monoisotopic (exact) mass is 419 g/mol. The lowest BCUT2D eigenvalue weighted by Gasteiger charge is -2.11. The molecule has 0 radical (unpaired) electrons. The summed E-state index contributed by atoms with van der Waals surface area (Å²) in [5, 5.41) is 0. The van der Waals surface area contributed by atoms with E-state index in [2.05, 4.69) is 0 Å². The number of methoxy groups -OCH3 is 1. The van der Waals surface area contributed by atoms with Crippen LogP contribution in [0.15, 0.2) is 93.5 Å². The molecule has 1 atom stereocenters. The molecule has 0 spiro atoms. The molecule has 0 fully saturated rings. The predicted octanol–water partition coefficient (Wildman–Crippen LogP) is 5.51. The van der Waals surface area contributed by atoms with Crippen molar-refractivity contribution in [1.82, 2.24) is 0 Å². The summed E-state index contributed by atoms with van der Waals surface area (Å²) in [6.07, 6.45) is -4.38. The van der Waals surface area contributed by atoms with Crippen molar-refractivity contribution in [2.45, 2.75) is 20.9 Å². The number of halogens is 3. The van der Waals surface area contributed by atoms with Crippen LogP contribution in [-0.4, -0.2) is 25.9 Å². The zero-order valence-corrected chi connectivity index (χ0v) is 16.3. The van der Waals surface area contributed by atoms with Crippen molar-refractivity contribution in [3.63, 3.8) is 0 Å². The smallest absolute Gasteiger partial charge is 0.422 e. The van der Waals surface area contributed by atoms with E-state index in [0.717, 1.165) is 14.7 Å². The quantitative estimate of drug-likeness (QED) is 0.390. The summed E-state index contributed by atoms with van der Waals surface area (Å²) in [6.45, 7) is -1.33. The average molecular weight is 419 g/mol. The predicted molar refractivity (Wildman–Crippen MR) is 104 cm³/mol. The molecule has 0 aliphatic heterocycles. The van der Waals surface area contributed by atoms with Crippen molar-refractivity contribution < 1.29 is 27.4 Å². The highest BCUT2D eigenvalue weighted by molar-refractivity contribution is 7.97. The lowest BCUT2D eigenvalue weighted by Crippen LogP contribution is -2.19. The fourth-order valence-corrected chi connectivity index (χ4v) is 4.71. The van der Waals surface area contributed by atoms with E-state index in [1.807, 2.05) is 42.5 Å². The molecule has 7 heteroatoms. The van der Waals surface area contributed by atoms with Crippen molar-refractivity contribution >= 4 is 16.9 Å². The highest BCUT2D eigenvalue weighted by Crippen LogP contribution is 2.32. The van der Waals surface area contributed by atoms with E-state index in [1.165, 1.54) is 19.2 Å². The fraction of sp³-hybridized carbons (Fsp3) is 0.136. The van der Waals surface area contributed by atoms with Crippen molar-refractivity contribution in [2.24, 2.45) is 0 Å². The second-order valence-corrected chi connectivity index (χ2v) is 8.04. The molecule has 0 saturated carbocycles. The van der Waals surface area contributed by atoms with Crippen LogP contribution in [0.25, 0.3) is 0 Å². The molecule has 0 bridgehead atoms. The first-order valence-electron chi connectivity index (χ1n) is 8.65. The second kappa shape index (κ2) is 9.05. The van der Waals surface area contributed by atoms with Crippen molar-refractivity contribution in [1.29, 1.82) is 0 Å². The summed E-state index contributed by atoms with van der Waals surface area (Å²) in [6, 6.07) is 23.5. The minimum atomic E-state index is -4.38. The number of ether oxygens (including phenoxy) is 2. The van der Waals surface area contributed by atoms with Gasteiger partial charge in [0.2, 0.25) is 0 Å². The first kappa shape index (κ1) is 20.8. The summed E-state index contributed by atoms with van der Waals surface area (Å²) in [4.78, 5) is 14.6. The van der Waals surface area contributed by atoms with Gasteiger partial charge in [-0.15, -0.1) is 0 Å². The summed E-state index contributed by atoms with van der Waals surface area (Å²) in [5.74, 6) is -0.258. The number of esters is 1. The largest absolute Gasteiger partial charge is 0.484 e. The Morgan fingerprint density at radius 1 is 0.828 bits per heavy atom. The van der Waals surface area contributed by atoms with Crippen LogP contribution in [0.2, 0.25) is 0 Å². The molecular weight excluding hydrogens is 401 g/mol. The molecule has 0 amide bonds. The van der Waals surface area contributed by atoms with Gasteiger partial charge in [-0.3, -0.25) is 0 Å². The molecule has 3 aromatic rings. The van der Waals surface area contributed by atoms with Gasteiger partial charge in [-0.1, -0.05) is 18.2 Å². The molecule has 1 unspecified atom stereocenters. The van der Waals surface area contributed by atoms with E-state index < -0.39 is 29.6 Å². The first-order chi connectivity index (χ1) is 13.9. The maximum Gasteiger partial charge on any atom is 0.422 e. The molecule has 3 nitrogen and oxygen atoms in total. The Hall–Kier alpha value is -2.93. The fourth-order valence-electron chi connectivity index (χ4n) is 2.65. The van der Waals surface area contributed by atoms with Crippen LogP contribution in [0.3, 0.4) is 0 Å².